The number of thiophene rings is 1. The molecule has 2 atom stereocenters. The predicted octanol–water partition coefficient (Wildman–Crippen LogP) is 2.10. The number of nitrogens with zero attached hydrogens (tertiary/aromatic N) is 4. The monoisotopic (exact) mass is 332 g/mol. The van der Waals surface area contributed by atoms with Crippen LogP contribution in [0.25, 0.3) is 11.4 Å². The highest BCUT2D eigenvalue weighted by Gasteiger charge is 2.41. The average Bonchev–Trinajstić information content (AvgIpc) is 3.00. The molecule has 7 heteroatoms. The molecular formula is C16H20N4O2S. The van der Waals surface area contributed by atoms with Crippen LogP contribution in [-0.4, -0.2) is 52.0 Å². The molecule has 2 aliphatic rings. The van der Waals surface area contributed by atoms with E-state index in [0.29, 0.717) is 30.1 Å². The van der Waals surface area contributed by atoms with Crippen molar-refractivity contribution >= 4 is 17.2 Å². The summed E-state index contributed by atoms with van der Waals surface area (Å²) in [6.07, 6.45) is 1.06. The molecule has 0 radical (unpaired) electrons. The third kappa shape index (κ3) is 3.16. The second kappa shape index (κ2) is 6.05. The Labute approximate surface area is 139 Å². The molecule has 2 aromatic rings. The third-order valence-electron chi connectivity index (χ3n) is 4.72. The molecule has 2 fully saturated rings. The third-order valence-corrected chi connectivity index (χ3v) is 5.40. The Balaban J connectivity index is 1.30. The number of carbonyl (C=O) groups excluding carboxylic acids is 1. The molecule has 0 spiro atoms. The molecule has 1 amide bonds. The van der Waals surface area contributed by atoms with E-state index < -0.39 is 0 Å². The van der Waals surface area contributed by atoms with E-state index in [1.807, 2.05) is 21.7 Å². The van der Waals surface area contributed by atoms with Gasteiger partial charge in [0.2, 0.25) is 17.6 Å². The van der Waals surface area contributed by atoms with Crippen molar-refractivity contribution in [2.75, 3.05) is 26.2 Å². The summed E-state index contributed by atoms with van der Waals surface area (Å²) in [6.45, 7) is 6.13. The van der Waals surface area contributed by atoms with Crippen molar-refractivity contribution in [3.05, 3.63) is 22.7 Å². The normalized spacial score (nSPS) is 24.8. The first-order chi connectivity index (χ1) is 11.2. The fraction of sp³-hybridized carbons (Fsp3) is 0.562. The van der Waals surface area contributed by atoms with Crippen LogP contribution >= 0.6 is 11.3 Å². The van der Waals surface area contributed by atoms with Crippen molar-refractivity contribution in [1.82, 2.24) is 19.9 Å². The number of amides is 1. The number of piperazine rings is 1. The second-order valence-corrected chi connectivity index (χ2v) is 7.22. The van der Waals surface area contributed by atoms with Gasteiger partial charge in [-0.2, -0.15) is 16.3 Å². The highest BCUT2D eigenvalue weighted by molar-refractivity contribution is 7.08. The molecule has 4 rings (SSSR count). The van der Waals surface area contributed by atoms with Crippen LogP contribution < -0.4 is 0 Å². The van der Waals surface area contributed by atoms with Gasteiger partial charge < -0.3 is 9.42 Å². The molecule has 0 N–H and O–H groups in total. The van der Waals surface area contributed by atoms with Crippen LogP contribution in [0, 0.1) is 11.8 Å². The van der Waals surface area contributed by atoms with Gasteiger partial charge in [-0.3, -0.25) is 9.69 Å². The van der Waals surface area contributed by atoms with Crippen molar-refractivity contribution < 1.29 is 9.32 Å². The first-order valence-corrected chi connectivity index (χ1v) is 9.01. The quantitative estimate of drug-likeness (QED) is 0.858. The molecule has 122 valence electrons. The summed E-state index contributed by atoms with van der Waals surface area (Å²) in [5.41, 5.74) is 0.999. The minimum atomic E-state index is 0.283. The van der Waals surface area contributed by atoms with E-state index in [4.69, 9.17) is 4.52 Å². The lowest BCUT2D eigenvalue weighted by atomic mass is 10.2. The lowest BCUT2D eigenvalue weighted by molar-refractivity contribution is -0.134. The Morgan fingerprint density at radius 3 is 2.83 bits per heavy atom. The summed E-state index contributed by atoms with van der Waals surface area (Å²) in [5, 5.41) is 8.05. The zero-order valence-electron chi connectivity index (χ0n) is 13.1. The van der Waals surface area contributed by atoms with E-state index in [-0.39, 0.29) is 5.92 Å². The largest absolute Gasteiger partial charge is 0.340 e. The molecule has 1 aliphatic heterocycles. The molecule has 6 nitrogen and oxygen atoms in total. The van der Waals surface area contributed by atoms with Gasteiger partial charge in [0, 0.05) is 43.0 Å². The van der Waals surface area contributed by atoms with Gasteiger partial charge in [0.15, 0.2) is 0 Å². The smallest absolute Gasteiger partial charge is 0.241 e. The van der Waals surface area contributed by atoms with Crippen LogP contribution in [0.2, 0.25) is 0 Å². The van der Waals surface area contributed by atoms with Crippen molar-refractivity contribution in [3.8, 4) is 11.4 Å². The Kier molecular flexibility index (Phi) is 3.90. The zero-order chi connectivity index (χ0) is 15.8. The first-order valence-electron chi connectivity index (χ1n) is 8.07. The highest BCUT2D eigenvalue weighted by atomic mass is 32.1. The zero-order valence-corrected chi connectivity index (χ0v) is 14.0. The van der Waals surface area contributed by atoms with Gasteiger partial charge in [0.05, 0.1) is 6.54 Å². The summed E-state index contributed by atoms with van der Waals surface area (Å²) in [4.78, 5) is 21.0. The number of carbonyl (C=O) groups is 1. The number of hydrogen-bond donors (Lipinski definition) is 0. The second-order valence-electron chi connectivity index (χ2n) is 6.44. The molecule has 1 saturated heterocycles. The standard InChI is InChI=1S/C16H20N4O2S/c1-11-8-13(11)16(21)20-5-3-19(4-6-20)9-14-17-15(18-22-14)12-2-7-23-10-12/h2,7,10-11,13H,3-6,8-9H2,1H3. The van der Waals surface area contributed by atoms with Crippen molar-refractivity contribution in [3.63, 3.8) is 0 Å². The SMILES string of the molecule is CC1CC1C(=O)N1CCN(Cc2nc(-c3ccsc3)no2)CC1. The molecule has 2 unspecified atom stereocenters. The first kappa shape index (κ1) is 14.8. The van der Waals surface area contributed by atoms with Gasteiger partial charge in [0.25, 0.3) is 0 Å². The van der Waals surface area contributed by atoms with E-state index in [9.17, 15) is 4.79 Å². The van der Waals surface area contributed by atoms with E-state index in [1.54, 1.807) is 11.3 Å². The molecule has 2 aromatic heterocycles. The van der Waals surface area contributed by atoms with Gasteiger partial charge in [-0.1, -0.05) is 12.1 Å². The molecule has 23 heavy (non-hydrogen) atoms. The average molecular weight is 332 g/mol. The minimum Gasteiger partial charge on any atom is -0.340 e. The molecule has 0 aromatic carbocycles. The number of aromatic nitrogens is 2. The summed E-state index contributed by atoms with van der Waals surface area (Å²) >= 11 is 1.62. The fourth-order valence-electron chi connectivity index (χ4n) is 3.05. The summed E-state index contributed by atoms with van der Waals surface area (Å²) in [6, 6.07) is 1.99. The van der Waals surface area contributed by atoms with Crippen molar-refractivity contribution in [1.29, 1.82) is 0 Å². The highest BCUT2D eigenvalue weighted by Crippen LogP contribution is 2.39. The lowest BCUT2D eigenvalue weighted by Crippen LogP contribution is -2.48. The Morgan fingerprint density at radius 2 is 2.17 bits per heavy atom. The van der Waals surface area contributed by atoms with Gasteiger partial charge in [-0.05, 0) is 23.8 Å². The molecule has 1 aliphatic carbocycles. The predicted molar refractivity (Wildman–Crippen MR) is 86.7 cm³/mol. The maximum Gasteiger partial charge on any atom is 0.241 e. The van der Waals surface area contributed by atoms with Gasteiger partial charge in [-0.15, -0.1) is 0 Å². The molecule has 3 heterocycles. The van der Waals surface area contributed by atoms with Crippen molar-refractivity contribution in [2.45, 2.75) is 19.9 Å². The van der Waals surface area contributed by atoms with Crippen LogP contribution in [0.15, 0.2) is 21.3 Å². The van der Waals surface area contributed by atoms with E-state index >= 15 is 0 Å². The summed E-state index contributed by atoms with van der Waals surface area (Å²) in [7, 11) is 0. The van der Waals surface area contributed by atoms with Crippen LogP contribution in [0.4, 0.5) is 0 Å². The Hall–Kier alpha value is -1.73. The Morgan fingerprint density at radius 1 is 1.39 bits per heavy atom. The summed E-state index contributed by atoms with van der Waals surface area (Å²) in [5.74, 6) is 2.49. The topological polar surface area (TPSA) is 62.5 Å². The number of rotatable bonds is 4. The van der Waals surface area contributed by atoms with Gasteiger partial charge in [-0.25, -0.2) is 0 Å². The van der Waals surface area contributed by atoms with Crippen LogP contribution in [0.5, 0.6) is 0 Å². The van der Waals surface area contributed by atoms with Crippen LogP contribution in [-0.2, 0) is 11.3 Å². The fourth-order valence-corrected chi connectivity index (χ4v) is 3.68. The van der Waals surface area contributed by atoms with Crippen LogP contribution in [0.1, 0.15) is 19.2 Å². The van der Waals surface area contributed by atoms with E-state index in [1.165, 1.54) is 0 Å². The maximum atomic E-state index is 12.2. The summed E-state index contributed by atoms with van der Waals surface area (Å²) < 4.78 is 5.35. The maximum absolute atomic E-state index is 12.2. The van der Waals surface area contributed by atoms with Crippen LogP contribution in [0.3, 0.4) is 0 Å². The molecule has 1 saturated carbocycles. The molecule has 0 bridgehead atoms. The van der Waals surface area contributed by atoms with Gasteiger partial charge in [0.1, 0.15) is 0 Å². The number of hydrogen-bond acceptors (Lipinski definition) is 6. The lowest BCUT2D eigenvalue weighted by Gasteiger charge is -2.34. The van der Waals surface area contributed by atoms with E-state index in [2.05, 4.69) is 22.0 Å². The van der Waals surface area contributed by atoms with Gasteiger partial charge >= 0.3 is 0 Å². The van der Waals surface area contributed by atoms with E-state index in [0.717, 1.165) is 38.2 Å². The Bertz CT molecular complexity index is 676. The minimum absolute atomic E-state index is 0.283. The molecular weight excluding hydrogens is 312 g/mol. The van der Waals surface area contributed by atoms with Crippen molar-refractivity contribution in [2.24, 2.45) is 11.8 Å².